The van der Waals surface area contributed by atoms with Gasteiger partial charge in [0.1, 0.15) is 0 Å². The lowest BCUT2D eigenvalue weighted by atomic mass is 9.99. The number of amides is 1. The Morgan fingerprint density at radius 1 is 1.47 bits per heavy atom. The summed E-state index contributed by atoms with van der Waals surface area (Å²) in [5.74, 6) is 0.829. The number of nitrogens with zero attached hydrogens (tertiary/aromatic N) is 4. The first-order chi connectivity index (χ1) is 9.00. The molecule has 19 heavy (non-hydrogen) atoms. The van der Waals surface area contributed by atoms with Crippen molar-refractivity contribution in [2.75, 3.05) is 25.5 Å². The van der Waals surface area contributed by atoms with Gasteiger partial charge in [-0.2, -0.15) is 0 Å². The third-order valence-electron chi connectivity index (χ3n) is 3.38. The summed E-state index contributed by atoms with van der Waals surface area (Å²) in [7, 11) is 3.85. The standard InChI is InChI=1S/C13H19IN4O/c1-9(19)18-7-5-4-6-11(18)12-10(14)8-15-13(16-12)17(2)3/h8,11H,4-7H2,1-3H3. The van der Waals surface area contributed by atoms with E-state index >= 15 is 0 Å². The Morgan fingerprint density at radius 3 is 2.84 bits per heavy atom. The molecule has 1 aromatic heterocycles. The summed E-state index contributed by atoms with van der Waals surface area (Å²) >= 11 is 2.25. The van der Waals surface area contributed by atoms with E-state index in [4.69, 9.17) is 0 Å². The minimum atomic E-state index is 0.0971. The maximum Gasteiger partial charge on any atom is 0.225 e. The van der Waals surface area contributed by atoms with Crippen LogP contribution in [0, 0.1) is 3.57 Å². The van der Waals surface area contributed by atoms with Crippen molar-refractivity contribution < 1.29 is 4.79 Å². The molecule has 0 N–H and O–H groups in total. The quantitative estimate of drug-likeness (QED) is 0.745. The topological polar surface area (TPSA) is 49.3 Å². The monoisotopic (exact) mass is 374 g/mol. The zero-order valence-electron chi connectivity index (χ0n) is 11.6. The van der Waals surface area contributed by atoms with E-state index in [0.717, 1.165) is 35.1 Å². The van der Waals surface area contributed by atoms with Gasteiger partial charge in [-0.3, -0.25) is 4.79 Å². The molecule has 6 heteroatoms. The van der Waals surface area contributed by atoms with Crippen LogP contribution in [0.3, 0.4) is 0 Å². The highest BCUT2D eigenvalue weighted by molar-refractivity contribution is 14.1. The molecule has 0 radical (unpaired) electrons. The van der Waals surface area contributed by atoms with E-state index in [-0.39, 0.29) is 11.9 Å². The molecule has 1 unspecified atom stereocenters. The SMILES string of the molecule is CC(=O)N1CCCCC1c1nc(N(C)C)ncc1I. The van der Waals surface area contributed by atoms with Crippen LogP contribution in [0.5, 0.6) is 0 Å². The molecule has 0 bridgehead atoms. The zero-order chi connectivity index (χ0) is 14.0. The lowest BCUT2D eigenvalue weighted by molar-refractivity contribution is -0.132. The number of aromatic nitrogens is 2. The zero-order valence-corrected chi connectivity index (χ0v) is 13.7. The number of piperidine rings is 1. The normalized spacial score (nSPS) is 19.4. The van der Waals surface area contributed by atoms with E-state index in [1.165, 1.54) is 0 Å². The number of halogens is 1. The Morgan fingerprint density at radius 2 is 2.21 bits per heavy atom. The number of hydrogen-bond acceptors (Lipinski definition) is 4. The van der Waals surface area contributed by atoms with Crippen molar-refractivity contribution >= 4 is 34.4 Å². The molecule has 5 nitrogen and oxygen atoms in total. The van der Waals surface area contributed by atoms with Gasteiger partial charge >= 0.3 is 0 Å². The van der Waals surface area contributed by atoms with Gasteiger partial charge in [0.2, 0.25) is 11.9 Å². The van der Waals surface area contributed by atoms with Crippen LogP contribution in [0.25, 0.3) is 0 Å². The molecule has 0 spiro atoms. The first-order valence-electron chi connectivity index (χ1n) is 6.47. The van der Waals surface area contributed by atoms with Crippen molar-refractivity contribution in [3.8, 4) is 0 Å². The molecule has 2 rings (SSSR count). The Bertz CT molecular complexity index is 478. The molecule has 1 aromatic rings. The highest BCUT2D eigenvalue weighted by Gasteiger charge is 2.29. The summed E-state index contributed by atoms with van der Waals surface area (Å²) in [5, 5.41) is 0. The summed E-state index contributed by atoms with van der Waals surface area (Å²) in [4.78, 5) is 24.6. The van der Waals surface area contributed by atoms with E-state index in [1.807, 2.05) is 30.1 Å². The Balaban J connectivity index is 2.37. The summed E-state index contributed by atoms with van der Waals surface area (Å²) in [5.41, 5.74) is 0.981. The van der Waals surface area contributed by atoms with Crippen LogP contribution in [0.1, 0.15) is 37.9 Å². The second-order valence-electron chi connectivity index (χ2n) is 5.02. The average Bonchev–Trinajstić information content (AvgIpc) is 2.39. The summed E-state index contributed by atoms with van der Waals surface area (Å²) < 4.78 is 1.03. The van der Waals surface area contributed by atoms with E-state index in [1.54, 1.807) is 6.92 Å². The fraction of sp³-hybridized carbons (Fsp3) is 0.615. The van der Waals surface area contributed by atoms with Gasteiger partial charge in [0.05, 0.1) is 15.3 Å². The van der Waals surface area contributed by atoms with E-state index in [9.17, 15) is 4.79 Å². The van der Waals surface area contributed by atoms with Gasteiger partial charge in [-0.25, -0.2) is 9.97 Å². The predicted octanol–water partition coefficient (Wildman–Crippen LogP) is 2.22. The molecule has 1 amide bonds. The first-order valence-corrected chi connectivity index (χ1v) is 7.55. The molecule has 0 saturated carbocycles. The van der Waals surface area contributed by atoms with Crippen LogP contribution in [0.15, 0.2) is 6.20 Å². The molecule has 2 heterocycles. The largest absolute Gasteiger partial charge is 0.347 e. The van der Waals surface area contributed by atoms with Crippen molar-refractivity contribution in [2.45, 2.75) is 32.2 Å². The van der Waals surface area contributed by atoms with Crippen LogP contribution in [0.2, 0.25) is 0 Å². The molecule has 0 aliphatic carbocycles. The summed E-state index contributed by atoms with van der Waals surface area (Å²) in [6.45, 7) is 2.47. The molecular weight excluding hydrogens is 355 g/mol. The Kier molecular flexibility index (Phi) is 4.59. The van der Waals surface area contributed by atoms with Crippen LogP contribution in [-0.2, 0) is 4.79 Å². The lowest BCUT2D eigenvalue weighted by Crippen LogP contribution is -2.38. The van der Waals surface area contributed by atoms with E-state index < -0.39 is 0 Å². The number of rotatable bonds is 2. The smallest absolute Gasteiger partial charge is 0.225 e. The second-order valence-corrected chi connectivity index (χ2v) is 6.18. The lowest BCUT2D eigenvalue weighted by Gasteiger charge is -2.35. The minimum absolute atomic E-state index is 0.0971. The van der Waals surface area contributed by atoms with Crippen molar-refractivity contribution in [3.05, 3.63) is 15.5 Å². The number of carbonyl (C=O) groups is 1. The average molecular weight is 374 g/mol. The van der Waals surface area contributed by atoms with Crippen LogP contribution in [-0.4, -0.2) is 41.4 Å². The van der Waals surface area contributed by atoms with Crippen LogP contribution < -0.4 is 4.90 Å². The third kappa shape index (κ3) is 3.16. The Labute approximate surface area is 127 Å². The van der Waals surface area contributed by atoms with Crippen molar-refractivity contribution in [1.82, 2.24) is 14.9 Å². The number of likely N-dealkylation sites (tertiary alicyclic amines) is 1. The maximum absolute atomic E-state index is 11.8. The Hall–Kier alpha value is -0.920. The van der Waals surface area contributed by atoms with Crippen molar-refractivity contribution in [2.24, 2.45) is 0 Å². The van der Waals surface area contributed by atoms with Crippen LogP contribution >= 0.6 is 22.6 Å². The minimum Gasteiger partial charge on any atom is -0.347 e. The molecule has 104 valence electrons. The van der Waals surface area contributed by atoms with Crippen molar-refractivity contribution in [1.29, 1.82) is 0 Å². The molecule has 1 saturated heterocycles. The first kappa shape index (κ1) is 14.5. The van der Waals surface area contributed by atoms with E-state index in [0.29, 0.717) is 5.95 Å². The molecule has 1 aliphatic rings. The van der Waals surface area contributed by atoms with Gasteiger partial charge in [-0.05, 0) is 41.9 Å². The highest BCUT2D eigenvalue weighted by atomic mass is 127. The van der Waals surface area contributed by atoms with Gasteiger partial charge in [0.15, 0.2) is 0 Å². The van der Waals surface area contributed by atoms with Crippen molar-refractivity contribution in [3.63, 3.8) is 0 Å². The van der Waals surface area contributed by atoms with Crippen LogP contribution in [0.4, 0.5) is 5.95 Å². The molecule has 1 atom stereocenters. The number of carbonyl (C=O) groups excluding carboxylic acids is 1. The fourth-order valence-electron chi connectivity index (χ4n) is 2.41. The van der Waals surface area contributed by atoms with Gasteiger partial charge in [-0.15, -0.1) is 0 Å². The second kappa shape index (κ2) is 6.02. The van der Waals surface area contributed by atoms with Gasteiger partial charge in [0, 0.05) is 33.8 Å². The maximum atomic E-state index is 11.8. The molecule has 0 aromatic carbocycles. The van der Waals surface area contributed by atoms with E-state index in [2.05, 4.69) is 32.6 Å². The third-order valence-corrected chi connectivity index (χ3v) is 4.21. The summed E-state index contributed by atoms with van der Waals surface area (Å²) in [6.07, 6.45) is 5.05. The molecular formula is C13H19IN4O. The van der Waals surface area contributed by atoms with Gasteiger partial charge in [-0.1, -0.05) is 0 Å². The fourth-order valence-corrected chi connectivity index (χ4v) is 3.03. The number of hydrogen-bond donors (Lipinski definition) is 0. The van der Waals surface area contributed by atoms with Gasteiger partial charge < -0.3 is 9.80 Å². The molecule has 1 fully saturated rings. The highest BCUT2D eigenvalue weighted by Crippen LogP contribution is 2.32. The predicted molar refractivity (Wildman–Crippen MR) is 83.1 cm³/mol. The summed E-state index contributed by atoms with van der Waals surface area (Å²) in [6, 6.07) is 0.0971. The van der Waals surface area contributed by atoms with Gasteiger partial charge in [0.25, 0.3) is 0 Å². The number of anilines is 1. The molecule has 1 aliphatic heterocycles.